The number of piperidine rings is 1. The second kappa shape index (κ2) is 12.8. The Bertz CT molecular complexity index is 910. The van der Waals surface area contributed by atoms with Crippen molar-refractivity contribution in [2.24, 2.45) is 5.92 Å². The maximum absolute atomic E-state index is 13.3. The quantitative estimate of drug-likeness (QED) is 0.515. The third-order valence-electron chi connectivity index (χ3n) is 6.80. The molecular weight excluding hydrogens is 487 g/mol. The summed E-state index contributed by atoms with van der Waals surface area (Å²) >= 11 is 0. The molecular formula is C27H38N3O2Y+. The van der Waals surface area contributed by atoms with Gasteiger partial charge in [0.05, 0.1) is 19.0 Å². The molecule has 1 N–H and O–H groups in total. The predicted molar refractivity (Wildman–Crippen MR) is 130 cm³/mol. The van der Waals surface area contributed by atoms with E-state index in [1.165, 1.54) is 5.56 Å². The van der Waals surface area contributed by atoms with Crippen LogP contribution in [0.15, 0.2) is 48.5 Å². The van der Waals surface area contributed by atoms with Crippen molar-refractivity contribution in [1.82, 2.24) is 4.90 Å². The fourth-order valence-electron chi connectivity index (χ4n) is 5.13. The van der Waals surface area contributed by atoms with Gasteiger partial charge < -0.3 is 14.7 Å². The van der Waals surface area contributed by atoms with E-state index in [-0.39, 0.29) is 50.4 Å². The molecule has 33 heavy (non-hydrogen) atoms. The van der Waals surface area contributed by atoms with Crippen molar-refractivity contribution in [2.45, 2.75) is 47.1 Å². The van der Waals surface area contributed by atoms with E-state index in [0.717, 1.165) is 55.8 Å². The first-order valence-corrected chi connectivity index (χ1v) is 11.9. The van der Waals surface area contributed by atoms with Crippen LogP contribution in [-0.2, 0) is 48.8 Å². The van der Waals surface area contributed by atoms with Crippen LogP contribution in [0.4, 0.5) is 5.69 Å². The number of amides is 2. The van der Waals surface area contributed by atoms with Crippen molar-refractivity contribution >= 4 is 17.5 Å². The fraction of sp³-hybridized carbons (Fsp3) is 0.481. The predicted octanol–water partition coefficient (Wildman–Crippen LogP) is 4.53. The molecule has 0 bridgehead atoms. The van der Waals surface area contributed by atoms with Gasteiger partial charge in [0.25, 0.3) is 5.91 Å². The molecule has 0 aliphatic carbocycles. The summed E-state index contributed by atoms with van der Waals surface area (Å²) in [4.78, 5) is 28.4. The van der Waals surface area contributed by atoms with Gasteiger partial charge in [-0.15, -0.1) is 0 Å². The Morgan fingerprint density at radius 2 is 1.64 bits per heavy atom. The third kappa shape index (κ3) is 7.21. The fourth-order valence-corrected chi connectivity index (χ4v) is 5.13. The molecule has 2 aromatic carbocycles. The minimum absolute atomic E-state index is 0. The molecule has 175 valence electrons. The van der Waals surface area contributed by atoms with Crippen LogP contribution in [0.1, 0.15) is 43.4 Å². The van der Waals surface area contributed by atoms with E-state index in [2.05, 4.69) is 17.4 Å². The van der Waals surface area contributed by atoms with Crippen molar-refractivity contribution in [3.05, 3.63) is 65.2 Å². The Morgan fingerprint density at radius 3 is 2.24 bits per heavy atom. The van der Waals surface area contributed by atoms with Gasteiger partial charge in [-0.3, -0.25) is 9.59 Å². The number of nitrogens with one attached hydrogen (secondary N) is 1. The number of rotatable bonds is 8. The van der Waals surface area contributed by atoms with Gasteiger partial charge in [-0.05, 0) is 51.7 Å². The van der Waals surface area contributed by atoms with Crippen LogP contribution < -0.4 is 5.32 Å². The zero-order valence-corrected chi connectivity index (χ0v) is 23.5. The molecule has 1 saturated heterocycles. The average Bonchev–Trinajstić information content (AvgIpc) is 2.78. The van der Waals surface area contributed by atoms with Crippen LogP contribution >= 0.6 is 0 Å². The van der Waals surface area contributed by atoms with Gasteiger partial charge >= 0.3 is 0 Å². The van der Waals surface area contributed by atoms with E-state index in [4.69, 9.17) is 0 Å². The number of para-hydroxylation sites is 1. The first-order chi connectivity index (χ1) is 15.4. The van der Waals surface area contributed by atoms with Crippen LogP contribution in [0, 0.1) is 19.8 Å². The van der Waals surface area contributed by atoms with Crippen LogP contribution in [0.2, 0.25) is 0 Å². The van der Waals surface area contributed by atoms with Gasteiger partial charge in [0, 0.05) is 57.0 Å². The number of carbonyl (C=O) groups excluding carboxylic acids is 2. The number of benzene rings is 2. The largest absolute Gasteiger partial charge is 0.343 e. The van der Waals surface area contributed by atoms with E-state index in [1.54, 1.807) is 0 Å². The van der Waals surface area contributed by atoms with Crippen molar-refractivity contribution in [3.63, 3.8) is 0 Å². The summed E-state index contributed by atoms with van der Waals surface area (Å²) in [5.41, 5.74) is 4.26. The van der Waals surface area contributed by atoms with Crippen LogP contribution in [0.25, 0.3) is 0 Å². The first-order valence-electron chi connectivity index (χ1n) is 11.9. The molecule has 5 nitrogen and oxygen atoms in total. The standard InChI is InChI=1S/C27H37N3O2.Y/c1-5-29(6-2)27(32)24-16-11-17-30(19-24,18-23-14-8-7-9-15-23)20-25(31)28-26-21(3)12-10-13-22(26)4;/h7-10,12-15,24H,5-6,11,16-20H2,1-4H3;/p+1. The molecule has 2 aromatic rings. The summed E-state index contributed by atoms with van der Waals surface area (Å²) in [7, 11) is 0. The number of hydrogen-bond donors (Lipinski definition) is 1. The molecule has 1 radical (unpaired) electrons. The normalized spacial score (nSPS) is 19.9. The van der Waals surface area contributed by atoms with Crippen LogP contribution in [0.5, 0.6) is 0 Å². The van der Waals surface area contributed by atoms with E-state index in [0.29, 0.717) is 17.6 Å². The number of anilines is 1. The molecule has 6 heteroatoms. The molecule has 0 aromatic heterocycles. The molecule has 3 rings (SSSR count). The molecule has 2 unspecified atom stereocenters. The Balaban J connectivity index is 0.00000385. The second-order valence-electron chi connectivity index (χ2n) is 9.21. The van der Waals surface area contributed by atoms with E-state index in [1.807, 2.05) is 69.0 Å². The monoisotopic (exact) mass is 525 g/mol. The Kier molecular flexibility index (Phi) is 10.7. The maximum Gasteiger partial charge on any atom is 0.279 e. The molecule has 2 amide bonds. The SMILES string of the molecule is CCN(CC)C(=O)C1CCC[N+](CC(=O)Nc2c(C)cccc2C)(Cc2ccccc2)C1.[Y]. The van der Waals surface area contributed by atoms with Gasteiger partial charge in [-0.2, -0.15) is 0 Å². The zero-order chi connectivity index (χ0) is 23.1. The summed E-state index contributed by atoms with van der Waals surface area (Å²) in [6.45, 7) is 12.4. The summed E-state index contributed by atoms with van der Waals surface area (Å²) in [5.74, 6) is 0.232. The molecule has 1 heterocycles. The Hall–Kier alpha value is -1.56. The van der Waals surface area contributed by atoms with E-state index < -0.39 is 0 Å². The zero-order valence-electron chi connectivity index (χ0n) is 20.6. The topological polar surface area (TPSA) is 49.4 Å². The van der Waals surface area contributed by atoms with Gasteiger partial charge in [0.1, 0.15) is 6.54 Å². The smallest absolute Gasteiger partial charge is 0.279 e. The molecule has 1 fully saturated rings. The Morgan fingerprint density at radius 1 is 1.00 bits per heavy atom. The number of nitrogens with zero attached hydrogens (tertiary/aromatic N) is 2. The molecule has 2 atom stereocenters. The Labute approximate surface area is 224 Å². The van der Waals surface area contributed by atoms with Gasteiger partial charge in [-0.25, -0.2) is 0 Å². The number of quaternary nitrogens is 1. The number of hydrogen-bond acceptors (Lipinski definition) is 2. The first kappa shape index (κ1) is 27.7. The van der Waals surface area contributed by atoms with Gasteiger partial charge in [-0.1, -0.05) is 48.5 Å². The van der Waals surface area contributed by atoms with Crippen LogP contribution in [0.3, 0.4) is 0 Å². The van der Waals surface area contributed by atoms with E-state index >= 15 is 0 Å². The van der Waals surface area contributed by atoms with Crippen molar-refractivity contribution < 1.29 is 46.8 Å². The van der Waals surface area contributed by atoms with Crippen molar-refractivity contribution in [3.8, 4) is 0 Å². The summed E-state index contributed by atoms with van der Waals surface area (Å²) < 4.78 is 0.623. The average molecular weight is 526 g/mol. The number of carbonyl (C=O) groups is 2. The maximum atomic E-state index is 13.3. The second-order valence-corrected chi connectivity index (χ2v) is 9.21. The van der Waals surface area contributed by atoms with Gasteiger partial charge in [0.2, 0.25) is 5.91 Å². The molecule has 0 spiro atoms. The minimum atomic E-state index is -0.0274. The minimum Gasteiger partial charge on any atom is -0.343 e. The number of likely N-dealkylation sites (tertiary alicyclic amines) is 1. The van der Waals surface area contributed by atoms with Crippen molar-refractivity contribution in [1.29, 1.82) is 0 Å². The molecule has 1 aliphatic rings. The summed E-state index contributed by atoms with van der Waals surface area (Å²) in [6, 6.07) is 16.4. The van der Waals surface area contributed by atoms with E-state index in [9.17, 15) is 9.59 Å². The summed E-state index contributed by atoms with van der Waals surface area (Å²) in [5, 5.41) is 3.18. The third-order valence-corrected chi connectivity index (χ3v) is 6.80. The molecule has 0 saturated carbocycles. The molecule has 1 aliphatic heterocycles. The number of aryl methyl sites for hydroxylation is 2. The summed E-state index contributed by atoms with van der Waals surface area (Å²) in [6.07, 6.45) is 1.86. The van der Waals surface area contributed by atoms with Gasteiger partial charge in [0.15, 0.2) is 6.54 Å². The van der Waals surface area contributed by atoms with Crippen LogP contribution in [-0.4, -0.2) is 53.9 Å². The van der Waals surface area contributed by atoms with Crippen molar-refractivity contribution in [2.75, 3.05) is 38.0 Å².